The van der Waals surface area contributed by atoms with Gasteiger partial charge in [0.1, 0.15) is 10.6 Å². The molecule has 0 unspecified atom stereocenters. The molecular weight excluding hydrogens is 400 g/mol. The molecule has 0 saturated carbocycles. The number of nitrogens with zero attached hydrogens (tertiary/aromatic N) is 1. The number of guanidine groups is 1. The smallest absolute Gasteiger partial charge is 0.241 e. The first-order valence-corrected chi connectivity index (χ1v) is 11.7. The Bertz CT molecular complexity index is 941. The second kappa shape index (κ2) is 11.6. The van der Waals surface area contributed by atoms with Gasteiger partial charge in [0.25, 0.3) is 0 Å². The molecule has 4 N–H and O–H groups in total. The molecule has 0 aliphatic carbocycles. The fourth-order valence-electron chi connectivity index (χ4n) is 2.85. The van der Waals surface area contributed by atoms with Crippen molar-refractivity contribution in [2.24, 2.45) is 10.1 Å². The SMILES string of the molecule is CCCCNC(=NCc1ccc(C)cc1)NCCc1ccc(OC)c(S(N)(=O)=O)c1. The average molecular weight is 433 g/mol. The zero-order valence-corrected chi connectivity index (χ0v) is 18.8. The molecule has 30 heavy (non-hydrogen) atoms. The molecule has 0 radical (unpaired) electrons. The van der Waals surface area contributed by atoms with E-state index in [4.69, 9.17) is 9.88 Å². The number of ether oxygens (including phenoxy) is 1. The Morgan fingerprint density at radius 3 is 2.37 bits per heavy atom. The van der Waals surface area contributed by atoms with Crippen molar-refractivity contribution in [2.75, 3.05) is 20.2 Å². The molecule has 2 aromatic carbocycles. The van der Waals surface area contributed by atoms with Gasteiger partial charge in [-0.1, -0.05) is 49.2 Å². The maximum absolute atomic E-state index is 11.8. The monoisotopic (exact) mass is 432 g/mol. The standard InChI is InChI=1S/C22H32N4O3S/c1-4-5-13-24-22(26-16-19-8-6-17(2)7-9-19)25-14-12-18-10-11-20(29-3)21(15-18)30(23,27)28/h6-11,15H,4-5,12-14,16H2,1-3H3,(H2,23,27,28)(H2,24,25,26). The molecule has 7 nitrogen and oxygen atoms in total. The van der Waals surface area contributed by atoms with Gasteiger partial charge in [0, 0.05) is 13.1 Å². The van der Waals surface area contributed by atoms with Crippen molar-refractivity contribution >= 4 is 16.0 Å². The van der Waals surface area contributed by atoms with Crippen LogP contribution in [0, 0.1) is 6.92 Å². The normalized spacial score (nSPS) is 11.9. The summed E-state index contributed by atoms with van der Waals surface area (Å²) in [6.45, 7) is 6.23. The Morgan fingerprint density at radius 1 is 1.07 bits per heavy atom. The van der Waals surface area contributed by atoms with Crippen molar-refractivity contribution in [3.05, 3.63) is 59.2 Å². The summed E-state index contributed by atoms with van der Waals surface area (Å²) in [5.74, 6) is 0.986. The van der Waals surface area contributed by atoms with Crippen LogP contribution >= 0.6 is 0 Å². The van der Waals surface area contributed by atoms with Crippen LogP contribution in [0.15, 0.2) is 52.4 Å². The topological polar surface area (TPSA) is 106 Å². The first kappa shape index (κ1) is 23.7. The number of aliphatic imine (C=N–C) groups is 1. The minimum Gasteiger partial charge on any atom is -0.495 e. The number of sulfonamides is 1. The molecule has 0 atom stereocenters. The molecule has 0 spiro atoms. The maximum atomic E-state index is 11.8. The molecular formula is C22H32N4O3S. The van der Waals surface area contributed by atoms with Gasteiger partial charge in [-0.15, -0.1) is 0 Å². The van der Waals surface area contributed by atoms with E-state index in [1.54, 1.807) is 12.1 Å². The quantitative estimate of drug-likeness (QED) is 0.304. The molecule has 0 fully saturated rings. The van der Waals surface area contributed by atoms with Gasteiger partial charge in [0.15, 0.2) is 5.96 Å². The summed E-state index contributed by atoms with van der Waals surface area (Å²) < 4.78 is 28.7. The van der Waals surface area contributed by atoms with Crippen LogP contribution in [0.4, 0.5) is 0 Å². The minimum absolute atomic E-state index is 0.00293. The lowest BCUT2D eigenvalue weighted by molar-refractivity contribution is 0.402. The van der Waals surface area contributed by atoms with Gasteiger partial charge in [-0.05, 0) is 43.0 Å². The fraction of sp³-hybridized carbons (Fsp3) is 0.409. The highest BCUT2D eigenvalue weighted by Crippen LogP contribution is 2.23. The summed E-state index contributed by atoms with van der Waals surface area (Å²) in [4.78, 5) is 4.67. The van der Waals surface area contributed by atoms with Gasteiger partial charge < -0.3 is 15.4 Å². The van der Waals surface area contributed by atoms with E-state index in [1.165, 1.54) is 12.7 Å². The van der Waals surface area contributed by atoms with Crippen molar-refractivity contribution in [3.63, 3.8) is 0 Å². The minimum atomic E-state index is -3.85. The predicted molar refractivity (Wildman–Crippen MR) is 121 cm³/mol. The molecule has 0 aliphatic heterocycles. The molecule has 0 heterocycles. The predicted octanol–water partition coefficient (Wildman–Crippen LogP) is 2.73. The van der Waals surface area contributed by atoms with Crippen LogP contribution in [0.3, 0.4) is 0 Å². The largest absolute Gasteiger partial charge is 0.495 e. The number of hydrogen-bond donors (Lipinski definition) is 3. The number of unbranched alkanes of at least 4 members (excludes halogenated alkanes) is 1. The Kier molecular flexibility index (Phi) is 9.14. The third kappa shape index (κ3) is 7.68. The molecule has 164 valence electrons. The Morgan fingerprint density at radius 2 is 1.73 bits per heavy atom. The molecule has 8 heteroatoms. The van der Waals surface area contributed by atoms with E-state index in [9.17, 15) is 8.42 Å². The van der Waals surface area contributed by atoms with Crippen LogP contribution < -0.4 is 20.5 Å². The Balaban J connectivity index is 2.02. The number of hydrogen-bond acceptors (Lipinski definition) is 4. The average Bonchev–Trinajstić information content (AvgIpc) is 2.72. The third-order valence-electron chi connectivity index (χ3n) is 4.60. The molecule has 0 bridgehead atoms. The third-order valence-corrected chi connectivity index (χ3v) is 5.54. The summed E-state index contributed by atoms with van der Waals surface area (Å²) in [5, 5.41) is 12.0. The first-order chi connectivity index (χ1) is 14.3. The Hall–Kier alpha value is -2.58. The molecule has 0 saturated heterocycles. The number of benzene rings is 2. The lowest BCUT2D eigenvalue weighted by atomic mass is 10.1. The highest BCUT2D eigenvalue weighted by molar-refractivity contribution is 7.89. The van der Waals surface area contributed by atoms with Gasteiger partial charge in [0.05, 0.1) is 13.7 Å². The molecule has 2 rings (SSSR count). The van der Waals surface area contributed by atoms with E-state index in [-0.39, 0.29) is 10.6 Å². The van der Waals surface area contributed by atoms with E-state index in [0.29, 0.717) is 19.5 Å². The number of nitrogens with one attached hydrogen (secondary N) is 2. The van der Waals surface area contributed by atoms with Crippen LogP contribution in [0.2, 0.25) is 0 Å². The summed E-state index contributed by atoms with van der Waals surface area (Å²) in [5.41, 5.74) is 3.21. The second-order valence-corrected chi connectivity index (χ2v) is 8.67. The van der Waals surface area contributed by atoms with Crippen molar-refractivity contribution in [2.45, 2.75) is 44.6 Å². The van der Waals surface area contributed by atoms with Crippen LogP contribution in [0.1, 0.15) is 36.5 Å². The zero-order valence-electron chi connectivity index (χ0n) is 17.9. The van der Waals surface area contributed by atoms with Crippen molar-refractivity contribution in [1.29, 1.82) is 0 Å². The molecule has 0 amide bonds. The van der Waals surface area contributed by atoms with Crippen LogP contribution in [-0.4, -0.2) is 34.6 Å². The second-order valence-electron chi connectivity index (χ2n) is 7.14. The number of primary sulfonamides is 1. The molecule has 0 aromatic heterocycles. The van der Waals surface area contributed by atoms with Crippen molar-refractivity contribution < 1.29 is 13.2 Å². The zero-order chi connectivity index (χ0) is 22.0. The highest BCUT2D eigenvalue weighted by Gasteiger charge is 2.15. The van der Waals surface area contributed by atoms with Crippen molar-refractivity contribution in [3.8, 4) is 5.75 Å². The molecule has 0 aliphatic rings. The summed E-state index contributed by atoms with van der Waals surface area (Å²) >= 11 is 0. The lowest BCUT2D eigenvalue weighted by Crippen LogP contribution is -2.39. The highest BCUT2D eigenvalue weighted by atomic mass is 32.2. The fourth-order valence-corrected chi connectivity index (χ4v) is 3.59. The Labute approximate surface area is 179 Å². The van der Waals surface area contributed by atoms with Crippen LogP contribution in [-0.2, 0) is 23.0 Å². The van der Waals surface area contributed by atoms with E-state index >= 15 is 0 Å². The summed E-state index contributed by atoms with van der Waals surface area (Å²) in [6.07, 6.45) is 2.77. The van der Waals surface area contributed by atoms with E-state index in [0.717, 1.165) is 36.5 Å². The number of aryl methyl sites for hydroxylation is 1. The maximum Gasteiger partial charge on any atom is 0.241 e. The number of nitrogens with two attached hydrogens (primary N) is 1. The summed E-state index contributed by atoms with van der Waals surface area (Å²) in [6, 6.07) is 13.3. The van der Waals surface area contributed by atoms with Crippen LogP contribution in [0.5, 0.6) is 5.75 Å². The number of methoxy groups -OCH3 is 1. The van der Waals surface area contributed by atoms with Gasteiger partial charge in [-0.3, -0.25) is 0 Å². The van der Waals surface area contributed by atoms with Gasteiger partial charge in [0.2, 0.25) is 10.0 Å². The van der Waals surface area contributed by atoms with Gasteiger partial charge in [-0.2, -0.15) is 0 Å². The van der Waals surface area contributed by atoms with E-state index in [2.05, 4.69) is 53.7 Å². The van der Waals surface area contributed by atoms with Crippen molar-refractivity contribution in [1.82, 2.24) is 10.6 Å². The number of rotatable bonds is 10. The lowest BCUT2D eigenvalue weighted by Gasteiger charge is -2.13. The first-order valence-electron chi connectivity index (χ1n) is 10.1. The van der Waals surface area contributed by atoms with Gasteiger partial charge in [-0.25, -0.2) is 18.5 Å². The van der Waals surface area contributed by atoms with Crippen LogP contribution in [0.25, 0.3) is 0 Å². The van der Waals surface area contributed by atoms with E-state index < -0.39 is 10.0 Å². The van der Waals surface area contributed by atoms with E-state index in [1.807, 2.05) is 6.07 Å². The summed E-state index contributed by atoms with van der Waals surface area (Å²) in [7, 11) is -2.43. The van der Waals surface area contributed by atoms with Gasteiger partial charge >= 0.3 is 0 Å². The molecule has 2 aromatic rings.